The molecule has 168 valence electrons. The summed E-state index contributed by atoms with van der Waals surface area (Å²) in [5.41, 5.74) is 1.08. The Kier molecular flexibility index (Phi) is 6.68. The molecule has 31 heavy (non-hydrogen) atoms. The number of amides is 1. The lowest BCUT2D eigenvalue weighted by Crippen LogP contribution is -2.47. The molecule has 2 aliphatic rings. The number of pyridine rings is 1. The van der Waals surface area contributed by atoms with Crippen molar-refractivity contribution in [2.24, 2.45) is 0 Å². The molecular formula is C22H25F3N2O4. The first-order chi connectivity index (χ1) is 14.7. The third-order valence-electron chi connectivity index (χ3n) is 5.42. The average molecular weight is 438 g/mol. The Balaban J connectivity index is 0.00000132. The lowest BCUT2D eigenvalue weighted by molar-refractivity contribution is -0.186. The Morgan fingerprint density at radius 1 is 1.13 bits per heavy atom. The number of aliphatic hydroxyl groups is 1. The van der Waals surface area contributed by atoms with E-state index in [1.54, 1.807) is 26.1 Å². The molecular weight excluding hydrogens is 413 g/mol. The van der Waals surface area contributed by atoms with E-state index in [4.69, 9.17) is 9.47 Å². The van der Waals surface area contributed by atoms with Crippen LogP contribution in [0.2, 0.25) is 0 Å². The Morgan fingerprint density at radius 3 is 2.23 bits per heavy atom. The van der Waals surface area contributed by atoms with Crippen molar-refractivity contribution in [3.05, 3.63) is 53.9 Å². The predicted molar refractivity (Wildman–Crippen MR) is 107 cm³/mol. The second kappa shape index (κ2) is 8.94. The van der Waals surface area contributed by atoms with Crippen molar-refractivity contribution in [1.82, 2.24) is 9.88 Å². The van der Waals surface area contributed by atoms with Crippen LogP contribution in [0.1, 0.15) is 31.2 Å². The van der Waals surface area contributed by atoms with Crippen molar-refractivity contribution in [2.45, 2.75) is 37.7 Å². The Hall–Kier alpha value is -2.49. The van der Waals surface area contributed by atoms with Crippen LogP contribution in [-0.4, -0.2) is 60.0 Å². The monoisotopic (exact) mass is 438 g/mol. The number of aromatic nitrogens is 1. The average Bonchev–Trinajstić information content (AvgIpc) is 3.08. The summed E-state index contributed by atoms with van der Waals surface area (Å²) >= 11 is 0. The van der Waals surface area contributed by atoms with Crippen LogP contribution in [0.5, 0.6) is 0 Å². The summed E-state index contributed by atoms with van der Waals surface area (Å²) in [5.74, 6) is -1.22. The fourth-order valence-corrected chi connectivity index (χ4v) is 3.65. The van der Waals surface area contributed by atoms with Crippen molar-refractivity contribution in [3.63, 3.8) is 0 Å². The summed E-state index contributed by atoms with van der Waals surface area (Å²) in [5, 5.41) is 10.3. The fraction of sp³-hybridized carbons (Fsp3) is 0.455. The van der Waals surface area contributed by atoms with Crippen molar-refractivity contribution in [1.29, 1.82) is 0 Å². The van der Waals surface area contributed by atoms with Crippen molar-refractivity contribution >= 4 is 5.91 Å². The first-order valence-electron chi connectivity index (χ1n) is 9.72. The van der Waals surface area contributed by atoms with Crippen LogP contribution in [0.4, 0.5) is 13.2 Å². The van der Waals surface area contributed by atoms with E-state index in [0.29, 0.717) is 12.9 Å². The number of ether oxygens (including phenoxy) is 2. The molecule has 0 spiro atoms. The molecule has 1 aromatic heterocycles. The van der Waals surface area contributed by atoms with Crippen LogP contribution < -0.4 is 0 Å². The summed E-state index contributed by atoms with van der Waals surface area (Å²) in [4.78, 5) is 17.2. The van der Waals surface area contributed by atoms with Gasteiger partial charge in [-0.1, -0.05) is 30.3 Å². The lowest BCUT2D eigenvalue weighted by atomic mass is 9.96. The predicted octanol–water partition coefficient (Wildman–Crippen LogP) is 3.45. The molecule has 0 radical (unpaired) electrons. The van der Waals surface area contributed by atoms with Crippen LogP contribution >= 0.6 is 0 Å². The molecule has 0 saturated carbocycles. The third kappa shape index (κ3) is 4.58. The minimum absolute atomic E-state index is 0.0758. The van der Waals surface area contributed by atoms with E-state index in [2.05, 4.69) is 4.98 Å². The minimum atomic E-state index is -3.06. The van der Waals surface area contributed by atoms with Crippen molar-refractivity contribution < 1.29 is 32.5 Å². The summed E-state index contributed by atoms with van der Waals surface area (Å²) in [6, 6.07) is 11.2. The van der Waals surface area contributed by atoms with Gasteiger partial charge in [-0.3, -0.25) is 14.2 Å². The smallest absolute Gasteiger partial charge is 0.315 e. The molecule has 2 saturated heterocycles. The number of nitrogens with zero attached hydrogens (tertiary/aromatic N) is 2. The van der Waals surface area contributed by atoms with Gasteiger partial charge in [-0.2, -0.15) is 8.78 Å². The number of hydrogen-bond donors (Lipinski definition) is 1. The van der Waals surface area contributed by atoms with E-state index < -0.39 is 29.8 Å². The van der Waals surface area contributed by atoms with E-state index in [9.17, 15) is 23.1 Å². The molecule has 1 N–H and O–H groups in total. The summed E-state index contributed by atoms with van der Waals surface area (Å²) in [7, 11) is 0.500. The molecule has 1 atom stereocenters. The molecule has 2 aliphatic heterocycles. The van der Waals surface area contributed by atoms with E-state index in [1.807, 2.05) is 30.3 Å². The normalized spacial score (nSPS) is 21.3. The molecule has 2 aromatic rings. The van der Waals surface area contributed by atoms with Gasteiger partial charge in [-0.15, -0.1) is 0 Å². The zero-order valence-electron chi connectivity index (χ0n) is 17.5. The second-order valence-corrected chi connectivity index (χ2v) is 7.88. The van der Waals surface area contributed by atoms with Gasteiger partial charge in [-0.25, -0.2) is 0 Å². The molecule has 6 nitrogen and oxygen atoms in total. The SMILES string of the molecule is CC1(C)OC(c2ccc(-c3ccc(C4(O)COC4)nc3)cc2)CN1C(=O)C(F)F.CF. The van der Waals surface area contributed by atoms with Crippen LogP contribution in [-0.2, 0) is 19.9 Å². The quantitative estimate of drug-likeness (QED) is 0.792. The lowest BCUT2D eigenvalue weighted by Gasteiger charge is -2.35. The van der Waals surface area contributed by atoms with Gasteiger partial charge in [0.1, 0.15) is 11.8 Å². The zero-order valence-corrected chi connectivity index (χ0v) is 17.5. The summed E-state index contributed by atoms with van der Waals surface area (Å²) < 4.78 is 46.1. The van der Waals surface area contributed by atoms with Gasteiger partial charge in [0.15, 0.2) is 5.60 Å². The van der Waals surface area contributed by atoms with Gasteiger partial charge < -0.3 is 19.5 Å². The Morgan fingerprint density at radius 2 is 1.74 bits per heavy atom. The molecule has 3 heterocycles. The highest BCUT2D eigenvalue weighted by molar-refractivity contribution is 5.80. The van der Waals surface area contributed by atoms with Crippen LogP contribution in [0, 0.1) is 0 Å². The van der Waals surface area contributed by atoms with Crippen molar-refractivity contribution in [2.75, 3.05) is 26.9 Å². The first kappa shape index (κ1) is 23.2. The molecule has 2 fully saturated rings. The van der Waals surface area contributed by atoms with E-state index in [-0.39, 0.29) is 19.8 Å². The molecule has 1 aromatic carbocycles. The standard InChI is InChI=1S/C21H22F2N2O4.CH3F/c1-20(2)25(19(26)18(22)23)10-16(29-20)14-5-3-13(4-6-14)15-7-8-17(24-9-15)21(27)11-28-12-21;1-2/h3-9,16,18,27H,10-12H2,1-2H3;1H3. The molecule has 9 heteroatoms. The number of carbonyl (C=O) groups excluding carboxylic acids is 1. The van der Waals surface area contributed by atoms with Crippen LogP contribution in [0.15, 0.2) is 42.6 Å². The largest absolute Gasteiger partial charge is 0.379 e. The first-order valence-corrected chi connectivity index (χ1v) is 9.72. The fourth-order valence-electron chi connectivity index (χ4n) is 3.65. The summed E-state index contributed by atoms with van der Waals surface area (Å²) in [6.45, 7) is 3.78. The van der Waals surface area contributed by atoms with E-state index >= 15 is 0 Å². The van der Waals surface area contributed by atoms with Gasteiger partial charge in [0.25, 0.3) is 5.91 Å². The highest BCUT2D eigenvalue weighted by atomic mass is 19.3. The number of benzene rings is 1. The number of hydrogen-bond acceptors (Lipinski definition) is 5. The molecule has 1 amide bonds. The summed E-state index contributed by atoms with van der Waals surface area (Å²) in [6.07, 6.45) is -1.84. The highest BCUT2D eigenvalue weighted by Gasteiger charge is 2.45. The maximum absolute atomic E-state index is 12.8. The Bertz CT molecular complexity index is 900. The molecule has 0 aliphatic carbocycles. The third-order valence-corrected chi connectivity index (χ3v) is 5.42. The number of halogens is 3. The number of rotatable bonds is 4. The number of carbonyl (C=O) groups is 1. The van der Waals surface area contributed by atoms with Crippen LogP contribution in [0.3, 0.4) is 0 Å². The van der Waals surface area contributed by atoms with E-state index in [1.165, 1.54) is 0 Å². The number of alkyl halides is 3. The topological polar surface area (TPSA) is 71.9 Å². The van der Waals surface area contributed by atoms with E-state index in [0.717, 1.165) is 21.6 Å². The highest BCUT2D eigenvalue weighted by Crippen LogP contribution is 2.37. The van der Waals surface area contributed by atoms with Gasteiger partial charge in [-0.05, 0) is 31.0 Å². The molecule has 1 unspecified atom stereocenters. The maximum atomic E-state index is 12.8. The maximum Gasteiger partial charge on any atom is 0.315 e. The zero-order chi connectivity index (χ0) is 22.8. The second-order valence-electron chi connectivity index (χ2n) is 7.88. The van der Waals surface area contributed by atoms with Gasteiger partial charge in [0, 0.05) is 11.8 Å². The van der Waals surface area contributed by atoms with Gasteiger partial charge in [0.2, 0.25) is 0 Å². The van der Waals surface area contributed by atoms with Crippen molar-refractivity contribution in [3.8, 4) is 11.1 Å². The molecule has 4 rings (SSSR count). The minimum Gasteiger partial charge on any atom is -0.379 e. The molecule has 0 bridgehead atoms. The van der Waals surface area contributed by atoms with Gasteiger partial charge in [0.05, 0.1) is 32.6 Å². The Labute approximate surface area is 178 Å². The van der Waals surface area contributed by atoms with Gasteiger partial charge >= 0.3 is 6.43 Å². The van der Waals surface area contributed by atoms with Crippen LogP contribution in [0.25, 0.3) is 11.1 Å².